The van der Waals surface area contributed by atoms with E-state index in [1.165, 1.54) is 25.7 Å². The zero-order valence-electron chi connectivity index (χ0n) is 29.8. The third-order valence-corrected chi connectivity index (χ3v) is 8.78. The average Bonchev–Trinajstić information content (AvgIpc) is 3.11. The number of hydrogen-bond acceptors (Lipinski definition) is 10. The van der Waals surface area contributed by atoms with Gasteiger partial charge in [-0.25, -0.2) is 4.79 Å². The van der Waals surface area contributed by atoms with E-state index < -0.39 is 102 Å². The van der Waals surface area contributed by atoms with Crippen molar-refractivity contribution in [1.29, 1.82) is 0 Å². The topological polar surface area (TPSA) is 252 Å². The number of amides is 7. The number of aryl methyl sites for hydroxylation is 1. The summed E-state index contributed by atoms with van der Waals surface area (Å²) in [6, 6.07) is 5.08. The molecule has 0 bridgehead atoms. The van der Waals surface area contributed by atoms with Crippen LogP contribution in [0.4, 0.5) is 0 Å². The van der Waals surface area contributed by atoms with E-state index in [2.05, 4.69) is 26.6 Å². The Morgan fingerprint density at radius 3 is 2.25 bits per heavy atom. The van der Waals surface area contributed by atoms with Crippen LogP contribution in [0.15, 0.2) is 30.3 Å². The molecule has 17 heteroatoms. The maximum Gasteiger partial charge on any atom is 0.328 e. The van der Waals surface area contributed by atoms with Gasteiger partial charge in [-0.15, -0.1) is 0 Å². The number of carbonyl (C=O) groups is 9. The standard InChI is InChI=1S/C35H49N7O10/c1-21-34(51)52-20-35(2,3)30(47)33(50)42-16-8-7-11-25(42)32(49)40-23(13-12-22-9-5-4-6-10-22)17-27(44)41-24(14-15-26(36)43)31(48)38-18-28(45)37-19-29(46)39-21/h4-6,9-10,21,23-25H,7-8,11-20H2,1-3H3,(H2,36,43)(H,37,45)(H,38,48)(H,39,46)(H,40,49)(H,41,44)/t21-,23?,24?,25+/m1/s1. The number of rotatable bonds is 6. The van der Waals surface area contributed by atoms with Gasteiger partial charge in [-0.05, 0) is 64.9 Å². The van der Waals surface area contributed by atoms with Gasteiger partial charge >= 0.3 is 5.97 Å². The lowest BCUT2D eigenvalue weighted by Crippen LogP contribution is -2.57. The molecule has 2 unspecified atom stereocenters. The summed E-state index contributed by atoms with van der Waals surface area (Å²) in [5.41, 5.74) is 4.74. The molecule has 2 fully saturated rings. The van der Waals surface area contributed by atoms with Crippen LogP contribution in [0.5, 0.6) is 0 Å². The minimum Gasteiger partial charge on any atom is -0.463 e. The van der Waals surface area contributed by atoms with Gasteiger partial charge in [0, 0.05) is 25.4 Å². The fourth-order valence-corrected chi connectivity index (χ4v) is 5.73. The number of benzene rings is 1. The van der Waals surface area contributed by atoms with Crippen LogP contribution in [-0.4, -0.2) is 108 Å². The Bertz CT molecular complexity index is 1520. The fraction of sp³-hybridized carbons (Fsp3) is 0.571. The minimum absolute atomic E-state index is 0.129. The van der Waals surface area contributed by atoms with Crippen molar-refractivity contribution in [2.75, 3.05) is 26.2 Å². The van der Waals surface area contributed by atoms with Gasteiger partial charge in [0.2, 0.25) is 41.2 Å². The van der Waals surface area contributed by atoms with E-state index in [9.17, 15) is 43.2 Å². The highest BCUT2D eigenvalue weighted by molar-refractivity contribution is 6.38. The number of Topliss-reactive ketones (excluding diaryl/α,β-unsaturated/α-hetero) is 1. The molecule has 17 nitrogen and oxygen atoms in total. The Morgan fingerprint density at radius 1 is 0.865 bits per heavy atom. The fourth-order valence-electron chi connectivity index (χ4n) is 5.73. The van der Waals surface area contributed by atoms with Gasteiger partial charge in [-0.3, -0.25) is 38.4 Å². The quantitative estimate of drug-likeness (QED) is 0.146. The molecule has 0 aromatic heterocycles. The lowest BCUT2D eigenvalue weighted by atomic mass is 9.87. The number of primary amides is 1. The van der Waals surface area contributed by atoms with Gasteiger partial charge in [0.25, 0.3) is 5.91 Å². The largest absolute Gasteiger partial charge is 0.463 e. The van der Waals surface area contributed by atoms with Crippen molar-refractivity contribution in [3.05, 3.63) is 35.9 Å². The second-order valence-electron chi connectivity index (χ2n) is 13.7. The minimum atomic E-state index is -1.48. The van der Waals surface area contributed by atoms with E-state index >= 15 is 0 Å². The third kappa shape index (κ3) is 12.8. The van der Waals surface area contributed by atoms with Gasteiger partial charge in [0.05, 0.1) is 18.5 Å². The van der Waals surface area contributed by atoms with Gasteiger partial charge < -0.3 is 42.0 Å². The maximum atomic E-state index is 13.8. The highest BCUT2D eigenvalue weighted by Crippen LogP contribution is 2.24. The molecule has 2 aliphatic rings. The SMILES string of the molecule is C[C@H]1NC(=O)CNC(=O)CNC(=O)C(CCC(N)=O)NC(=O)CC(CCc2ccccc2)NC(=O)[C@@H]2CCCCN2C(=O)C(=O)C(C)(C)COC1=O. The molecule has 4 atom stereocenters. The number of nitrogens with two attached hydrogens (primary N) is 1. The normalized spacial score (nSPS) is 24.9. The molecule has 3 rings (SSSR count). The summed E-state index contributed by atoms with van der Waals surface area (Å²) in [5.74, 6) is -6.95. The molecule has 2 heterocycles. The molecule has 0 radical (unpaired) electrons. The van der Waals surface area contributed by atoms with E-state index in [0.717, 1.165) is 5.56 Å². The zero-order chi connectivity index (χ0) is 38.4. The number of nitrogens with one attached hydrogen (secondary N) is 5. The molecule has 2 aliphatic heterocycles. The Hall–Kier alpha value is -5.35. The van der Waals surface area contributed by atoms with Crippen molar-refractivity contribution in [3.63, 3.8) is 0 Å². The highest BCUT2D eigenvalue weighted by atomic mass is 16.5. The van der Waals surface area contributed by atoms with Crippen LogP contribution in [-0.2, 0) is 54.3 Å². The molecule has 1 aromatic carbocycles. The summed E-state index contributed by atoms with van der Waals surface area (Å²) in [5, 5.41) is 12.4. The van der Waals surface area contributed by atoms with E-state index in [0.29, 0.717) is 25.7 Å². The molecule has 2 saturated heterocycles. The van der Waals surface area contributed by atoms with Gasteiger partial charge in [0.15, 0.2) is 0 Å². The smallest absolute Gasteiger partial charge is 0.328 e. The van der Waals surface area contributed by atoms with E-state index in [1.54, 1.807) is 0 Å². The number of hydrogen-bond donors (Lipinski definition) is 6. The van der Waals surface area contributed by atoms with Crippen LogP contribution >= 0.6 is 0 Å². The first kappa shape index (κ1) is 41.1. The monoisotopic (exact) mass is 727 g/mol. The first-order valence-corrected chi connectivity index (χ1v) is 17.3. The summed E-state index contributed by atoms with van der Waals surface area (Å²) in [6.45, 7) is 2.68. The molecule has 52 heavy (non-hydrogen) atoms. The lowest BCUT2D eigenvalue weighted by Gasteiger charge is -2.36. The van der Waals surface area contributed by atoms with Crippen molar-refractivity contribution in [3.8, 4) is 0 Å². The number of esters is 1. The van der Waals surface area contributed by atoms with Gasteiger partial charge in [-0.1, -0.05) is 30.3 Å². The highest BCUT2D eigenvalue weighted by Gasteiger charge is 2.42. The number of carbonyl (C=O) groups excluding carboxylic acids is 9. The van der Waals surface area contributed by atoms with Crippen molar-refractivity contribution in [2.45, 2.75) is 96.3 Å². The Balaban J connectivity index is 1.91. The summed E-state index contributed by atoms with van der Waals surface area (Å²) in [6.07, 6.45) is 1.44. The summed E-state index contributed by atoms with van der Waals surface area (Å²) >= 11 is 0. The second kappa shape index (κ2) is 19.3. The molecule has 1 aromatic rings. The summed E-state index contributed by atoms with van der Waals surface area (Å²) in [7, 11) is 0. The summed E-state index contributed by atoms with van der Waals surface area (Å²) in [4.78, 5) is 118. The Kier molecular flexibility index (Phi) is 15.3. The number of piperidine rings is 1. The van der Waals surface area contributed by atoms with Crippen LogP contribution in [0.2, 0.25) is 0 Å². The molecule has 0 aliphatic carbocycles. The van der Waals surface area contributed by atoms with Crippen LogP contribution in [0.1, 0.15) is 71.3 Å². The van der Waals surface area contributed by atoms with E-state index in [-0.39, 0.29) is 32.2 Å². The molecule has 0 saturated carbocycles. The third-order valence-electron chi connectivity index (χ3n) is 8.78. The second-order valence-corrected chi connectivity index (χ2v) is 13.7. The number of nitrogens with zero attached hydrogens (tertiary/aromatic N) is 1. The zero-order valence-corrected chi connectivity index (χ0v) is 29.8. The van der Waals surface area contributed by atoms with Crippen molar-refractivity contribution >= 4 is 53.1 Å². The predicted octanol–water partition coefficient (Wildman–Crippen LogP) is -1.49. The Morgan fingerprint density at radius 2 is 1.56 bits per heavy atom. The lowest BCUT2D eigenvalue weighted by molar-refractivity contribution is -0.159. The average molecular weight is 728 g/mol. The number of ether oxygens (including phenoxy) is 1. The van der Waals surface area contributed by atoms with Crippen LogP contribution in [0, 0.1) is 5.41 Å². The van der Waals surface area contributed by atoms with Crippen molar-refractivity contribution < 1.29 is 47.9 Å². The first-order valence-electron chi connectivity index (χ1n) is 17.3. The first-order chi connectivity index (χ1) is 24.6. The molecule has 0 spiro atoms. The van der Waals surface area contributed by atoms with Crippen LogP contribution < -0.4 is 32.3 Å². The van der Waals surface area contributed by atoms with Crippen LogP contribution in [0.25, 0.3) is 0 Å². The van der Waals surface area contributed by atoms with E-state index in [4.69, 9.17) is 10.5 Å². The van der Waals surface area contributed by atoms with Gasteiger partial charge in [-0.2, -0.15) is 0 Å². The maximum absolute atomic E-state index is 13.8. The Labute approximate surface area is 301 Å². The number of cyclic esters (lactones) is 1. The molecule has 284 valence electrons. The predicted molar refractivity (Wildman–Crippen MR) is 184 cm³/mol. The van der Waals surface area contributed by atoms with E-state index in [1.807, 2.05) is 30.3 Å². The number of ketones is 1. The van der Waals surface area contributed by atoms with Crippen molar-refractivity contribution in [2.24, 2.45) is 11.1 Å². The number of fused-ring (bicyclic) bond motifs is 1. The van der Waals surface area contributed by atoms with Crippen LogP contribution in [0.3, 0.4) is 0 Å². The van der Waals surface area contributed by atoms with Gasteiger partial charge in [0.1, 0.15) is 24.7 Å². The molecular weight excluding hydrogens is 678 g/mol. The van der Waals surface area contributed by atoms with Crippen molar-refractivity contribution in [1.82, 2.24) is 31.5 Å². The molecular formula is C35H49N7O10. The molecule has 7 N–H and O–H groups in total. The molecule has 7 amide bonds. The summed E-state index contributed by atoms with van der Waals surface area (Å²) < 4.78 is 5.27.